The second-order valence-corrected chi connectivity index (χ2v) is 16.9. The molecule has 0 aromatic rings. The summed E-state index contributed by atoms with van der Waals surface area (Å²) in [5.41, 5.74) is -1.33. The summed E-state index contributed by atoms with van der Waals surface area (Å²) in [5, 5.41) is 12.2. The Morgan fingerprint density at radius 2 is 1.60 bits per heavy atom. The van der Waals surface area contributed by atoms with Crippen molar-refractivity contribution in [3.8, 4) is 0 Å². The molecule has 3 rings (SSSR count). The summed E-state index contributed by atoms with van der Waals surface area (Å²) in [7, 11) is 4.81. The third-order valence-corrected chi connectivity index (χ3v) is 11.3. The van der Waals surface area contributed by atoms with Crippen molar-refractivity contribution >= 4 is 36.1 Å². The number of nitrogens with zero attached hydrogens (tertiary/aromatic N) is 1. The number of aliphatic hydroxyl groups is 1. The standard InChI is InChI=1S/C44H69NO17/c1-13-34(50)59-33-22-35(51)54-25(3)17-15-14-16-18-32(57-28(6)47)24(2)21-31(19-20-46)40(41(33)53-12)61-43-38(52)37(45(10)11)39(26(4)56-43)60-36-23-44(9,62-30(8)49)42(27(5)55-36)58-29(7)48/h14-16,18,20,24-27,31-33,36-43,52H,13,17,19,21-23H2,1-12H3/b15-14+,18-16+/t24-,25-,26+,27+,31+,32+,33-,36-,37-,38+,39-,40+,41+,42+,43+,44-/m1/s1. The lowest BCUT2D eigenvalue weighted by Crippen LogP contribution is -2.66. The normalized spacial score (nSPS) is 38.5. The molecule has 0 bridgehead atoms. The van der Waals surface area contributed by atoms with E-state index < -0.39 is 133 Å². The van der Waals surface area contributed by atoms with Gasteiger partial charge < -0.3 is 62.2 Å². The summed E-state index contributed by atoms with van der Waals surface area (Å²) in [6.07, 6.45) is -4.59. The van der Waals surface area contributed by atoms with E-state index in [0.717, 1.165) is 0 Å². The van der Waals surface area contributed by atoms with Crippen molar-refractivity contribution in [1.29, 1.82) is 0 Å². The number of allylic oxidation sites excluding steroid dienone is 2. The molecule has 62 heavy (non-hydrogen) atoms. The van der Waals surface area contributed by atoms with Crippen molar-refractivity contribution in [2.75, 3.05) is 21.2 Å². The molecule has 0 saturated carbocycles. The molecule has 0 amide bonds. The van der Waals surface area contributed by atoms with Gasteiger partial charge in [0.15, 0.2) is 24.3 Å². The number of carbonyl (C=O) groups is 6. The summed E-state index contributed by atoms with van der Waals surface area (Å²) in [4.78, 5) is 77.1. The van der Waals surface area contributed by atoms with Gasteiger partial charge in [-0.3, -0.25) is 24.0 Å². The highest BCUT2D eigenvalue weighted by atomic mass is 16.7. The maximum atomic E-state index is 13.4. The number of hydrogen-bond acceptors (Lipinski definition) is 18. The molecule has 18 heteroatoms. The van der Waals surface area contributed by atoms with Crippen molar-refractivity contribution in [2.24, 2.45) is 11.8 Å². The Bertz CT molecular complexity index is 1570. The molecule has 0 aliphatic carbocycles. The molecule has 3 aliphatic rings. The SMILES string of the molecule is CCC(=O)O[C@@H]1CC(=O)O[C@H](C)C/C=C/C=C/[C@H](OC(C)=O)[C@H](C)C[C@H](CC=O)[C@H](O[C@@H]2O[C@@H](C)[C@@H](O[C@@H]3C[C@@](C)(OC(C)=O)[C@@H](OC(C)=O)[C@H](C)O3)[C@H](N(C)C)[C@@H]2O)[C@H]1OC. The first-order valence-corrected chi connectivity index (χ1v) is 21.3. The molecule has 1 N–H and O–H groups in total. The molecule has 0 aromatic carbocycles. The zero-order chi connectivity index (χ0) is 46.5. The number of aliphatic hydroxyl groups excluding tert-OH is 1. The van der Waals surface area contributed by atoms with Crippen molar-refractivity contribution < 1.29 is 81.2 Å². The Kier molecular flexibility index (Phi) is 20.6. The van der Waals surface area contributed by atoms with Crippen molar-refractivity contribution in [3.05, 3.63) is 24.3 Å². The molecule has 3 aliphatic heterocycles. The zero-order valence-electron chi connectivity index (χ0n) is 38.2. The first-order chi connectivity index (χ1) is 29.1. The van der Waals surface area contributed by atoms with Crippen LogP contribution in [-0.4, -0.2) is 153 Å². The predicted molar refractivity (Wildman–Crippen MR) is 220 cm³/mol. The minimum Gasteiger partial charge on any atom is -0.462 e. The van der Waals surface area contributed by atoms with Crippen LogP contribution in [0, 0.1) is 11.8 Å². The number of ether oxygens (including phenoxy) is 10. The average Bonchev–Trinajstić information content (AvgIpc) is 3.15. The van der Waals surface area contributed by atoms with Gasteiger partial charge in [-0.1, -0.05) is 32.1 Å². The van der Waals surface area contributed by atoms with Crippen LogP contribution in [0.4, 0.5) is 0 Å². The summed E-state index contributed by atoms with van der Waals surface area (Å²) in [6.45, 7) is 14.0. The molecule has 2 fully saturated rings. The number of esters is 5. The monoisotopic (exact) mass is 883 g/mol. The number of hydrogen-bond donors (Lipinski definition) is 1. The highest BCUT2D eigenvalue weighted by Crippen LogP contribution is 2.39. The molecule has 0 spiro atoms. The van der Waals surface area contributed by atoms with E-state index in [0.29, 0.717) is 12.7 Å². The lowest BCUT2D eigenvalue weighted by molar-refractivity contribution is -0.344. The maximum Gasteiger partial charge on any atom is 0.309 e. The number of rotatable bonds is 13. The maximum absolute atomic E-state index is 13.4. The first kappa shape index (κ1) is 52.6. The number of carbonyl (C=O) groups excluding carboxylic acids is 6. The van der Waals surface area contributed by atoms with Gasteiger partial charge in [0.1, 0.15) is 42.9 Å². The summed E-state index contributed by atoms with van der Waals surface area (Å²) >= 11 is 0. The minimum atomic E-state index is -1.45. The molecule has 352 valence electrons. The third kappa shape index (κ3) is 14.9. The number of methoxy groups -OCH3 is 1. The number of likely N-dealkylation sites (N-methyl/N-ethyl adjacent to an activating group) is 1. The lowest BCUT2D eigenvalue weighted by atomic mass is 9.82. The molecule has 0 unspecified atom stereocenters. The topological polar surface area (TPSA) is 218 Å². The highest BCUT2D eigenvalue weighted by molar-refractivity contribution is 5.73. The van der Waals surface area contributed by atoms with Gasteiger partial charge in [0.25, 0.3) is 0 Å². The summed E-state index contributed by atoms with van der Waals surface area (Å²) < 4.78 is 60.4. The second kappa shape index (κ2) is 24.3. The Hall–Kier alpha value is -3.78. The molecule has 0 radical (unpaired) electrons. The van der Waals surface area contributed by atoms with Crippen molar-refractivity contribution in [3.63, 3.8) is 0 Å². The van der Waals surface area contributed by atoms with Crippen LogP contribution in [0.25, 0.3) is 0 Å². The molecular weight excluding hydrogens is 814 g/mol. The zero-order valence-corrected chi connectivity index (χ0v) is 38.2. The molecular formula is C44H69NO17. The van der Waals surface area contributed by atoms with Crippen LogP contribution in [0.1, 0.15) is 101 Å². The van der Waals surface area contributed by atoms with E-state index in [-0.39, 0.29) is 25.7 Å². The van der Waals surface area contributed by atoms with E-state index >= 15 is 0 Å². The van der Waals surface area contributed by atoms with Gasteiger partial charge in [-0.25, -0.2) is 0 Å². The predicted octanol–water partition coefficient (Wildman–Crippen LogP) is 3.52. The summed E-state index contributed by atoms with van der Waals surface area (Å²) in [5.74, 6) is -4.16. The molecule has 0 aromatic heterocycles. The van der Waals surface area contributed by atoms with Crippen molar-refractivity contribution in [1.82, 2.24) is 4.90 Å². The number of aldehydes is 1. The molecule has 16 atom stereocenters. The van der Waals surface area contributed by atoms with Gasteiger partial charge in [0, 0.05) is 53.6 Å². The van der Waals surface area contributed by atoms with Gasteiger partial charge in [-0.05, 0) is 66.1 Å². The van der Waals surface area contributed by atoms with Gasteiger partial charge in [0.05, 0.1) is 30.8 Å². The van der Waals surface area contributed by atoms with Gasteiger partial charge >= 0.3 is 29.8 Å². The van der Waals surface area contributed by atoms with E-state index in [4.69, 9.17) is 47.4 Å². The Morgan fingerprint density at radius 3 is 2.18 bits per heavy atom. The summed E-state index contributed by atoms with van der Waals surface area (Å²) in [6, 6.07) is -0.832. The van der Waals surface area contributed by atoms with Gasteiger partial charge in [0.2, 0.25) is 0 Å². The van der Waals surface area contributed by atoms with Crippen LogP contribution in [-0.2, 0) is 76.1 Å². The van der Waals surface area contributed by atoms with E-state index in [2.05, 4.69) is 0 Å². The lowest BCUT2D eigenvalue weighted by Gasteiger charge is -2.50. The fraction of sp³-hybridized carbons (Fsp3) is 0.773. The van der Waals surface area contributed by atoms with E-state index in [1.807, 2.05) is 6.92 Å². The van der Waals surface area contributed by atoms with E-state index in [1.165, 1.54) is 27.9 Å². The second-order valence-electron chi connectivity index (χ2n) is 16.9. The van der Waals surface area contributed by atoms with Crippen LogP contribution >= 0.6 is 0 Å². The largest absolute Gasteiger partial charge is 0.462 e. The first-order valence-electron chi connectivity index (χ1n) is 21.3. The van der Waals surface area contributed by atoms with Crippen LogP contribution in [0.3, 0.4) is 0 Å². The van der Waals surface area contributed by atoms with Crippen LogP contribution < -0.4 is 0 Å². The molecule has 18 nitrogen and oxygen atoms in total. The Balaban J connectivity index is 2.09. The van der Waals surface area contributed by atoms with Crippen LogP contribution in [0.15, 0.2) is 24.3 Å². The van der Waals surface area contributed by atoms with Crippen molar-refractivity contribution in [2.45, 2.75) is 186 Å². The fourth-order valence-corrected chi connectivity index (χ4v) is 8.52. The Morgan fingerprint density at radius 1 is 0.919 bits per heavy atom. The highest BCUT2D eigenvalue weighted by Gasteiger charge is 2.54. The molecule has 3 heterocycles. The third-order valence-electron chi connectivity index (χ3n) is 11.3. The number of cyclic esters (lactones) is 1. The van der Waals surface area contributed by atoms with Gasteiger partial charge in [-0.2, -0.15) is 0 Å². The minimum absolute atomic E-state index is 0.0261. The van der Waals surface area contributed by atoms with Gasteiger partial charge in [-0.15, -0.1) is 0 Å². The van der Waals surface area contributed by atoms with E-state index in [1.54, 1.807) is 77.9 Å². The fourth-order valence-electron chi connectivity index (χ4n) is 8.52. The van der Waals surface area contributed by atoms with Crippen LogP contribution in [0.2, 0.25) is 0 Å². The smallest absolute Gasteiger partial charge is 0.309 e. The quantitative estimate of drug-likeness (QED) is 0.159. The van der Waals surface area contributed by atoms with E-state index in [9.17, 15) is 33.9 Å². The van der Waals surface area contributed by atoms with Crippen LogP contribution in [0.5, 0.6) is 0 Å². The average molecular weight is 884 g/mol. The Labute approximate surface area is 365 Å². The molecule has 2 saturated heterocycles.